The van der Waals surface area contributed by atoms with E-state index in [1.54, 1.807) is 36.4 Å². The van der Waals surface area contributed by atoms with Crippen LogP contribution in [0.3, 0.4) is 0 Å². The first kappa shape index (κ1) is 20.5. The van der Waals surface area contributed by atoms with E-state index in [-0.39, 0.29) is 33.7 Å². The highest BCUT2D eigenvalue weighted by atomic mass is 35.5. The molecule has 0 aliphatic heterocycles. The second kappa shape index (κ2) is 9.31. The van der Waals surface area contributed by atoms with Crippen LogP contribution in [-0.2, 0) is 9.63 Å². The molecule has 0 atom stereocenters. The van der Waals surface area contributed by atoms with Gasteiger partial charge in [-0.25, -0.2) is 0 Å². The molecule has 0 saturated carbocycles. The van der Waals surface area contributed by atoms with Gasteiger partial charge in [0.1, 0.15) is 24.9 Å². The summed E-state index contributed by atoms with van der Waals surface area (Å²) in [5, 5.41) is 2.99. The van der Waals surface area contributed by atoms with E-state index >= 15 is 0 Å². The van der Waals surface area contributed by atoms with E-state index in [9.17, 15) is 9.18 Å². The molecule has 2 aromatic carbocycles. The third kappa shape index (κ3) is 4.79. The summed E-state index contributed by atoms with van der Waals surface area (Å²) in [4.78, 5) is 23.8. The summed E-state index contributed by atoms with van der Waals surface area (Å²) < 4.78 is 25.8. The van der Waals surface area contributed by atoms with Gasteiger partial charge in [0.2, 0.25) is 5.82 Å². The lowest BCUT2D eigenvalue weighted by Gasteiger charge is -2.12. The monoisotopic (exact) mass is 435 g/mol. The van der Waals surface area contributed by atoms with E-state index in [4.69, 9.17) is 32.7 Å². The quantitative estimate of drug-likeness (QED) is 0.296. The van der Waals surface area contributed by atoms with E-state index in [0.717, 1.165) is 6.33 Å². The molecule has 0 aliphatic carbocycles. The molecule has 1 aromatic heterocycles. The minimum Gasteiger partial charge on any atom is -0.436 e. The molecule has 10 heteroatoms. The molecule has 0 radical (unpaired) electrons. The van der Waals surface area contributed by atoms with Crippen molar-refractivity contribution in [3.05, 3.63) is 71.3 Å². The van der Waals surface area contributed by atoms with Gasteiger partial charge in [0.15, 0.2) is 5.71 Å². The molecule has 148 valence electrons. The number of rotatable bonds is 7. The van der Waals surface area contributed by atoms with Crippen molar-refractivity contribution in [2.24, 2.45) is 5.16 Å². The zero-order valence-electron chi connectivity index (χ0n) is 14.8. The first-order valence-corrected chi connectivity index (χ1v) is 8.78. The average molecular weight is 436 g/mol. The van der Waals surface area contributed by atoms with E-state index < -0.39 is 16.9 Å². The summed E-state index contributed by atoms with van der Waals surface area (Å²) in [6.45, 7) is 0. The van der Waals surface area contributed by atoms with Gasteiger partial charge in [-0.05, 0) is 35.9 Å². The lowest BCUT2D eigenvalue weighted by atomic mass is 10.1. The number of ether oxygens (including phenoxy) is 2. The Hall–Kier alpha value is -3.23. The van der Waals surface area contributed by atoms with Crippen molar-refractivity contribution in [3.8, 4) is 23.3 Å². The Kier molecular flexibility index (Phi) is 6.58. The van der Waals surface area contributed by atoms with Crippen molar-refractivity contribution >= 4 is 34.2 Å². The fourth-order valence-corrected chi connectivity index (χ4v) is 2.56. The molecular weight excluding hydrogens is 424 g/mol. The highest BCUT2D eigenvalue weighted by Gasteiger charge is 2.21. The Morgan fingerprint density at radius 3 is 2.21 bits per heavy atom. The number of carbonyl (C=O) groups excluding carboxylic acids is 1. The van der Waals surface area contributed by atoms with Crippen LogP contribution in [0.15, 0.2) is 60.0 Å². The Morgan fingerprint density at radius 1 is 1.00 bits per heavy atom. The van der Waals surface area contributed by atoms with Crippen LogP contribution in [0, 0.1) is 5.82 Å². The first-order valence-electron chi connectivity index (χ1n) is 8.02. The number of nitrogens with zero attached hydrogens (tertiary/aromatic N) is 3. The maximum absolute atomic E-state index is 14.8. The van der Waals surface area contributed by atoms with Crippen molar-refractivity contribution in [2.45, 2.75) is 0 Å². The molecule has 7 nitrogen and oxygen atoms in total. The third-order valence-corrected chi connectivity index (χ3v) is 3.98. The van der Waals surface area contributed by atoms with Gasteiger partial charge in [0.05, 0.1) is 10.6 Å². The largest absolute Gasteiger partial charge is 0.436 e. The predicted octanol–water partition coefficient (Wildman–Crippen LogP) is 4.97. The number of para-hydroxylation sites is 2. The maximum Gasteiger partial charge on any atom is 0.275 e. The molecule has 1 heterocycles. The summed E-state index contributed by atoms with van der Waals surface area (Å²) in [5.74, 6) is -1.52. The fourth-order valence-electron chi connectivity index (χ4n) is 2.25. The predicted molar refractivity (Wildman–Crippen MR) is 104 cm³/mol. The van der Waals surface area contributed by atoms with E-state index in [2.05, 4.69) is 20.0 Å². The average Bonchev–Trinajstić information content (AvgIpc) is 2.71. The van der Waals surface area contributed by atoms with Gasteiger partial charge in [-0.1, -0.05) is 41.0 Å². The molecule has 0 aliphatic rings. The van der Waals surface area contributed by atoms with E-state index in [1.165, 1.54) is 19.2 Å². The Morgan fingerprint density at radius 2 is 1.59 bits per heavy atom. The number of oxime groups is 1. The van der Waals surface area contributed by atoms with Crippen LogP contribution in [0.25, 0.3) is 0 Å². The number of benzene rings is 2. The zero-order chi connectivity index (χ0) is 20.8. The molecule has 0 fully saturated rings. The van der Waals surface area contributed by atoms with Crippen LogP contribution in [0.5, 0.6) is 23.3 Å². The van der Waals surface area contributed by atoms with Crippen LogP contribution in [0.4, 0.5) is 4.39 Å². The highest BCUT2D eigenvalue weighted by Crippen LogP contribution is 2.33. The Balaban J connectivity index is 1.95. The summed E-state index contributed by atoms with van der Waals surface area (Å²) >= 11 is 11.6. The van der Waals surface area contributed by atoms with Gasteiger partial charge in [-0.2, -0.15) is 14.4 Å². The molecule has 3 rings (SSSR count). The molecule has 0 amide bonds. The minimum atomic E-state index is -0.968. The third-order valence-electron chi connectivity index (χ3n) is 3.49. The molecule has 0 bridgehead atoms. The maximum atomic E-state index is 14.8. The zero-order valence-corrected chi connectivity index (χ0v) is 16.3. The smallest absolute Gasteiger partial charge is 0.275 e. The molecule has 0 spiro atoms. The molecule has 0 unspecified atom stereocenters. The standard InChI is InChI=1S/C19H12Cl2FN3O4/c1-27-25-16(17(21)26)11-6-2-4-8-13(11)28-18-15(22)19(24-10-23-18)29-14-9-5-3-7-12(14)20/h2-10H,1H3. The van der Waals surface area contributed by atoms with Gasteiger partial charge in [-0.15, -0.1) is 0 Å². The van der Waals surface area contributed by atoms with Crippen LogP contribution >= 0.6 is 23.2 Å². The van der Waals surface area contributed by atoms with Crippen LogP contribution in [0.2, 0.25) is 5.02 Å². The number of carbonyl (C=O) groups is 1. The van der Waals surface area contributed by atoms with Gasteiger partial charge in [0, 0.05) is 0 Å². The van der Waals surface area contributed by atoms with E-state index in [0.29, 0.717) is 0 Å². The van der Waals surface area contributed by atoms with Crippen LogP contribution < -0.4 is 9.47 Å². The van der Waals surface area contributed by atoms with Crippen LogP contribution in [-0.4, -0.2) is 28.0 Å². The summed E-state index contributed by atoms with van der Waals surface area (Å²) in [7, 11) is 1.26. The summed E-state index contributed by atoms with van der Waals surface area (Å²) in [6.07, 6.45) is 1.06. The lowest BCUT2D eigenvalue weighted by molar-refractivity contribution is -0.106. The minimum absolute atomic E-state index is 0.0681. The Labute approximate surface area is 174 Å². The van der Waals surface area contributed by atoms with Crippen LogP contribution in [0.1, 0.15) is 5.56 Å². The van der Waals surface area contributed by atoms with Gasteiger partial charge < -0.3 is 14.3 Å². The highest BCUT2D eigenvalue weighted by molar-refractivity contribution is 6.84. The number of hydrogen-bond acceptors (Lipinski definition) is 7. The SMILES string of the molecule is CON=C(C(=O)Cl)c1ccccc1Oc1ncnc(Oc2ccccc2Cl)c1F. The summed E-state index contributed by atoms with van der Waals surface area (Å²) in [5.41, 5.74) is -0.0345. The normalized spacial score (nSPS) is 11.1. The molecule has 29 heavy (non-hydrogen) atoms. The number of halogens is 3. The Bertz CT molecular complexity index is 1080. The topological polar surface area (TPSA) is 82.9 Å². The lowest BCUT2D eigenvalue weighted by Crippen LogP contribution is -2.11. The number of aromatic nitrogens is 2. The second-order valence-electron chi connectivity index (χ2n) is 5.32. The van der Waals surface area contributed by atoms with Gasteiger partial charge >= 0.3 is 0 Å². The van der Waals surface area contributed by atoms with Crippen molar-refractivity contribution in [2.75, 3.05) is 7.11 Å². The van der Waals surface area contributed by atoms with Gasteiger partial charge in [-0.3, -0.25) is 4.79 Å². The number of hydrogen-bond donors (Lipinski definition) is 0. The van der Waals surface area contributed by atoms with E-state index in [1.807, 2.05) is 0 Å². The van der Waals surface area contributed by atoms with Crippen molar-refractivity contribution < 1.29 is 23.5 Å². The molecule has 0 N–H and O–H groups in total. The molecule has 3 aromatic rings. The fraction of sp³-hybridized carbons (Fsp3) is 0.0526. The molecule has 0 saturated heterocycles. The van der Waals surface area contributed by atoms with Crippen molar-refractivity contribution in [1.29, 1.82) is 0 Å². The van der Waals surface area contributed by atoms with Crippen molar-refractivity contribution in [3.63, 3.8) is 0 Å². The van der Waals surface area contributed by atoms with Gasteiger partial charge in [0.25, 0.3) is 17.0 Å². The van der Waals surface area contributed by atoms with Crippen molar-refractivity contribution in [1.82, 2.24) is 9.97 Å². The molecular formula is C19H12Cl2FN3O4. The first-order chi connectivity index (χ1) is 14.0. The second-order valence-corrected chi connectivity index (χ2v) is 6.08. The summed E-state index contributed by atoms with van der Waals surface area (Å²) in [6, 6.07) is 12.7.